The summed E-state index contributed by atoms with van der Waals surface area (Å²) in [7, 11) is 0. The molecule has 0 saturated heterocycles. The molecule has 0 amide bonds. The van der Waals surface area contributed by atoms with Gasteiger partial charge in [0.15, 0.2) is 4.77 Å². The molecule has 0 radical (unpaired) electrons. The van der Waals surface area contributed by atoms with E-state index in [1.54, 1.807) is 6.92 Å². The Morgan fingerprint density at radius 1 is 1.35 bits per heavy atom. The number of H-pyrrole nitrogens is 2. The molecular formula is C7H6N6O3S. The van der Waals surface area contributed by atoms with Gasteiger partial charge in [-0.3, -0.25) is 9.78 Å². The fourth-order valence-corrected chi connectivity index (χ4v) is 1.17. The van der Waals surface area contributed by atoms with Crippen molar-refractivity contribution < 1.29 is 9.74 Å². The summed E-state index contributed by atoms with van der Waals surface area (Å²) in [6.07, 6.45) is 0. The fourth-order valence-electron chi connectivity index (χ4n) is 0.976. The van der Waals surface area contributed by atoms with Crippen molar-refractivity contribution in [2.45, 2.75) is 6.92 Å². The van der Waals surface area contributed by atoms with Gasteiger partial charge in [-0.2, -0.15) is 0 Å². The average molecular weight is 254 g/mol. The lowest BCUT2D eigenvalue weighted by Crippen LogP contribution is -2.06. The second-order valence-corrected chi connectivity index (χ2v) is 3.39. The number of aryl methyl sites for hydroxylation is 1. The Hall–Kier alpha value is -2.36. The van der Waals surface area contributed by atoms with Crippen molar-refractivity contribution in [3.63, 3.8) is 0 Å². The molecule has 10 heteroatoms. The van der Waals surface area contributed by atoms with Crippen molar-refractivity contribution in [1.29, 1.82) is 0 Å². The lowest BCUT2D eigenvalue weighted by molar-refractivity contribution is 0.305. The molecule has 2 rings (SSSR count). The molecule has 0 saturated carbocycles. The molecule has 2 heterocycles. The Morgan fingerprint density at radius 3 is 2.71 bits per heavy atom. The second kappa shape index (κ2) is 4.25. The minimum atomic E-state index is -0.663. The largest absolute Gasteiger partial charge is 0.493 e. The maximum atomic E-state index is 11.4. The normalized spacial score (nSPS) is 11.1. The number of rotatable bonds is 2. The predicted octanol–water partition coefficient (Wildman–Crippen LogP) is 1.24. The van der Waals surface area contributed by atoms with Crippen LogP contribution in [0.5, 0.6) is 5.88 Å². The van der Waals surface area contributed by atoms with Crippen molar-refractivity contribution in [3.05, 3.63) is 20.8 Å². The van der Waals surface area contributed by atoms with Gasteiger partial charge in [-0.25, -0.2) is 4.63 Å². The Bertz CT molecular complexity index is 683. The highest BCUT2D eigenvalue weighted by atomic mass is 32.1. The van der Waals surface area contributed by atoms with Crippen LogP contribution in [0.2, 0.25) is 0 Å². The maximum absolute atomic E-state index is 11.4. The number of hydrogen-bond acceptors (Lipinski definition) is 8. The molecule has 0 aliphatic rings. The van der Waals surface area contributed by atoms with Crippen molar-refractivity contribution in [2.24, 2.45) is 10.2 Å². The molecule has 3 N–H and O–H groups in total. The summed E-state index contributed by atoms with van der Waals surface area (Å²) in [6, 6.07) is 0. The Balaban J connectivity index is 2.44. The van der Waals surface area contributed by atoms with E-state index in [1.807, 2.05) is 0 Å². The van der Waals surface area contributed by atoms with Crippen LogP contribution >= 0.6 is 12.2 Å². The summed E-state index contributed by atoms with van der Waals surface area (Å²) in [5, 5.41) is 23.5. The van der Waals surface area contributed by atoms with Gasteiger partial charge in [0.05, 0.1) is 0 Å². The van der Waals surface area contributed by atoms with Gasteiger partial charge in [-0.1, -0.05) is 5.16 Å². The van der Waals surface area contributed by atoms with E-state index in [4.69, 9.17) is 0 Å². The summed E-state index contributed by atoms with van der Waals surface area (Å²) in [6.45, 7) is 1.60. The van der Waals surface area contributed by atoms with Crippen LogP contribution in [-0.2, 0) is 0 Å². The first-order chi connectivity index (χ1) is 8.08. The van der Waals surface area contributed by atoms with Crippen LogP contribution in [0.1, 0.15) is 5.69 Å². The van der Waals surface area contributed by atoms with Crippen LogP contribution in [-0.4, -0.2) is 25.4 Å². The van der Waals surface area contributed by atoms with E-state index in [-0.39, 0.29) is 16.3 Å². The lowest BCUT2D eigenvalue weighted by Gasteiger charge is -1.94. The summed E-state index contributed by atoms with van der Waals surface area (Å²) in [5.41, 5.74) is -0.557. The highest BCUT2D eigenvalue weighted by molar-refractivity contribution is 7.71. The molecule has 0 aromatic carbocycles. The highest BCUT2D eigenvalue weighted by Gasteiger charge is 2.08. The van der Waals surface area contributed by atoms with Gasteiger partial charge in [0.25, 0.3) is 5.56 Å². The molecule has 0 unspecified atom stereocenters. The summed E-state index contributed by atoms with van der Waals surface area (Å²) in [4.78, 5) is 16.0. The van der Waals surface area contributed by atoms with Crippen LogP contribution in [0.15, 0.2) is 19.7 Å². The van der Waals surface area contributed by atoms with E-state index in [9.17, 15) is 9.90 Å². The van der Waals surface area contributed by atoms with Gasteiger partial charge < -0.3 is 10.1 Å². The van der Waals surface area contributed by atoms with Crippen LogP contribution in [0.4, 0.5) is 11.5 Å². The van der Waals surface area contributed by atoms with Gasteiger partial charge in [0.2, 0.25) is 17.4 Å². The van der Waals surface area contributed by atoms with Crippen molar-refractivity contribution in [1.82, 2.24) is 20.3 Å². The fraction of sp³-hybridized carbons (Fsp3) is 0.143. The van der Waals surface area contributed by atoms with Crippen LogP contribution in [0.3, 0.4) is 0 Å². The Kier molecular flexibility index (Phi) is 2.78. The zero-order valence-corrected chi connectivity index (χ0v) is 9.28. The second-order valence-electron chi connectivity index (χ2n) is 2.98. The van der Waals surface area contributed by atoms with Crippen LogP contribution in [0, 0.1) is 11.7 Å². The molecule has 0 aliphatic carbocycles. The monoisotopic (exact) mass is 254 g/mol. The minimum absolute atomic E-state index is 0.00858. The number of aromatic hydroxyl groups is 1. The molecule has 0 aliphatic heterocycles. The molecule has 0 fully saturated rings. The number of aromatic amines is 2. The van der Waals surface area contributed by atoms with E-state index >= 15 is 0 Å². The van der Waals surface area contributed by atoms with E-state index < -0.39 is 11.4 Å². The van der Waals surface area contributed by atoms with E-state index in [2.05, 4.69) is 47.4 Å². The minimum Gasteiger partial charge on any atom is -0.493 e. The molecule has 17 heavy (non-hydrogen) atoms. The lowest BCUT2D eigenvalue weighted by atomic mass is 10.5. The SMILES string of the molecule is Cc1nonc1N=Nc1c(O)[nH]c(=S)[nH]c1=O. The molecule has 88 valence electrons. The quantitative estimate of drug-likeness (QED) is 0.545. The third-order valence-corrected chi connectivity index (χ3v) is 1.98. The zero-order chi connectivity index (χ0) is 12.4. The Labute approximate surface area is 98.2 Å². The summed E-state index contributed by atoms with van der Waals surface area (Å²) < 4.78 is 4.38. The molecule has 0 bridgehead atoms. The van der Waals surface area contributed by atoms with E-state index in [1.165, 1.54) is 0 Å². The predicted molar refractivity (Wildman–Crippen MR) is 57.1 cm³/mol. The first-order valence-electron chi connectivity index (χ1n) is 4.34. The molecular weight excluding hydrogens is 248 g/mol. The number of nitrogens with one attached hydrogen (secondary N) is 2. The van der Waals surface area contributed by atoms with Gasteiger partial charge >= 0.3 is 0 Å². The molecule has 2 aromatic rings. The average Bonchev–Trinajstić information content (AvgIpc) is 2.62. The number of hydrogen-bond donors (Lipinski definition) is 3. The smallest absolute Gasteiger partial charge is 0.283 e. The maximum Gasteiger partial charge on any atom is 0.283 e. The van der Waals surface area contributed by atoms with Crippen LogP contribution < -0.4 is 5.56 Å². The van der Waals surface area contributed by atoms with Crippen molar-refractivity contribution in [3.8, 4) is 5.88 Å². The van der Waals surface area contributed by atoms with Crippen LogP contribution in [0.25, 0.3) is 0 Å². The van der Waals surface area contributed by atoms with E-state index in [0.29, 0.717) is 5.69 Å². The molecule has 0 atom stereocenters. The first kappa shape index (κ1) is 11.1. The molecule has 9 nitrogen and oxygen atoms in total. The third kappa shape index (κ3) is 2.25. The third-order valence-electron chi connectivity index (χ3n) is 1.77. The Morgan fingerprint density at radius 2 is 2.12 bits per heavy atom. The number of aromatic nitrogens is 4. The van der Waals surface area contributed by atoms with Crippen molar-refractivity contribution in [2.75, 3.05) is 0 Å². The van der Waals surface area contributed by atoms with Gasteiger partial charge in [-0.05, 0) is 24.3 Å². The summed E-state index contributed by atoms with van der Waals surface area (Å²) >= 11 is 4.65. The van der Waals surface area contributed by atoms with Gasteiger partial charge in [-0.15, -0.1) is 10.2 Å². The zero-order valence-electron chi connectivity index (χ0n) is 8.46. The highest BCUT2D eigenvalue weighted by Crippen LogP contribution is 2.21. The number of nitrogens with zero attached hydrogens (tertiary/aromatic N) is 4. The standard InChI is InChI=1S/C7H6N6O3S/c1-2-4(13-16-12-2)11-10-3-5(14)8-7(17)9-6(3)15/h1H3,(H3,8,9,14,15,17). The summed E-state index contributed by atoms with van der Waals surface area (Å²) in [5.74, 6) is -0.358. The number of azo groups is 1. The molecule has 0 spiro atoms. The van der Waals surface area contributed by atoms with Crippen molar-refractivity contribution >= 4 is 23.7 Å². The topological polar surface area (TPSA) is 133 Å². The van der Waals surface area contributed by atoms with E-state index in [0.717, 1.165) is 0 Å². The van der Waals surface area contributed by atoms with Gasteiger partial charge in [0, 0.05) is 0 Å². The first-order valence-corrected chi connectivity index (χ1v) is 4.75. The molecule has 2 aromatic heterocycles. The van der Waals surface area contributed by atoms with Gasteiger partial charge in [0.1, 0.15) is 5.69 Å².